The Kier molecular flexibility index (Phi) is 22.7. The lowest BCUT2D eigenvalue weighted by atomic mass is 9.82. The fraction of sp³-hybridized carbons (Fsp3) is 0.558. The van der Waals surface area contributed by atoms with Crippen LogP contribution >= 0.6 is 0 Å². The van der Waals surface area contributed by atoms with Gasteiger partial charge in [-0.3, -0.25) is 14.4 Å². The second-order valence-corrected chi connectivity index (χ2v) is 13.9. The SMILES string of the molecule is CC#CCOc1ccc(C[C@H](NC(=O)[C@@H](/C=C/CCCCCCC(=O)CCCCCCC)C(O)(CC(=O)OCc2oc(=O)oc2C)C(=O)O)C(=O)OCC(=O)OC)cc1. The number of Topliss-reactive ketones (excluding diaryl/α,β-unsaturated/α-hetero) is 1. The molecule has 0 spiro atoms. The summed E-state index contributed by atoms with van der Waals surface area (Å²) in [5.41, 5.74) is -2.61. The van der Waals surface area contributed by atoms with Crippen molar-refractivity contribution in [2.24, 2.45) is 5.92 Å². The van der Waals surface area contributed by atoms with E-state index >= 15 is 0 Å². The van der Waals surface area contributed by atoms with Gasteiger partial charge in [0.2, 0.25) is 5.91 Å². The number of benzene rings is 1. The molecule has 1 aromatic heterocycles. The van der Waals surface area contributed by atoms with Crippen molar-refractivity contribution < 1.29 is 66.8 Å². The lowest BCUT2D eigenvalue weighted by Gasteiger charge is -2.30. The van der Waals surface area contributed by atoms with Gasteiger partial charge in [-0.1, -0.05) is 75.7 Å². The molecule has 324 valence electrons. The van der Waals surface area contributed by atoms with Gasteiger partial charge in [0.15, 0.2) is 30.3 Å². The Hall–Kier alpha value is -5.69. The number of aliphatic carboxylic acids is 1. The van der Waals surface area contributed by atoms with Crippen LogP contribution in [0.1, 0.15) is 114 Å². The van der Waals surface area contributed by atoms with E-state index in [0.29, 0.717) is 37.0 Å². The molecule has 0 aliphatic carbocycles. The van der Waals surface area contributed by atoms with Gasteiger partial charge in [0.25, 0.3) is 0 Å². The average Bonchev–Trinajstić information content (AvgIpc) is 3.54. The number of carbonyl (C=O) groups is 6. The van der Waals surface area contributed by atoms with Crippen LogP contribution in [0.5, 0.6) is 5.75 Å². The van der Waals surface area contributed by atoms with Crippen molar-refractivity contribution in [3.05, 3.63) is 64.1 Å². The van der Waals surface area contributed by atoms with E-state index in [2.05, 4.69) is 28.8 Å². The summed E-state index contributed by atoms with van der Waals surface area (Å²) in [4.78, 5) is 88.4. The summed E-state index contributed by atoms with van der Waals surface area (Å²) in [7, 11) is 1.09. The number of unbranched alkanes of at least 4 members (excludes halogenated alkanes) is 8. The summed E-state index contributed by atoms with van der Waals surface area (Å²) in [6.07, 6.45) is 10.8. The van der Waals surface area contributed by atoms with Gasteiger partial charge in [0.1, 0.15) is 24.2 Å². The van der Waals surface area contributed by atoms with Gasteiger partial charge < -0.3 is 43.3 Å². The number of nitrogens with one attached hydrogen (secondary N) is 1. The highest BCUT2D eigenvalue weighted by Gasteiger charge is 2.49. The van der Waals surface area contributed by atoms with Crippen LogP contribution < -0.4 is 15.9 Å². The van der Waals surface area contributed by atoms with Gasteiger partial charge in [-0.25, -0.2) is 19.2 Å². The zero-order chi connectivity index (χ0) is 43.6. The molecule has 1 amide bonds. The molecule has 0 aliphatic heterocycles. The lowest BCUT2D eigenvalue weighted by Crippen LogP contribution is -2.55. The molecule has 2 rings (SSSR count). The normalized spacial score (nSPS) is 13.0. The maximum Gasteiger partial charge on any atom is 0.519 e. The van der Waals surface area contributed by atoms with Gasteiger partial charge in [-0.05, 0) is 57.2 Å². The molecule has 2 aromatic rings. The van der Waals surface area contributed by atoms with Gasteiger partial charge >= 0.3 is 29.7 Å². The molecule has 0 saturated heterocycles. The first-order chi connectivity index (χ1) is 28.2. The second kappa shape index (κ2) is 27.1. The summed E-state index contributed by atoms with van der Waals surface area (Å²) >= 11 is 0. The number of esters is 3. The van der Waals surface area contributed by atoms with Crippen LogP contribution in [0, 0.1) is 24.7 Å². The largest absolute Gasteiger partial charge is 0.519 e. The van der Waals surface area contributed by atoms with E-state index in [9.17, 15) is 43.8 Å². The third-order valence-electron chi connectivity index (χ3n) is 9.26. The van der Waals surface area contributed by atoms with Gasteiger partial charge in [-0.15, -0.1) is 5.92 Å². The summed E-state index contributed by atoms with van der Waals surface area (Å²) in [6.45, 7) is 3.90. The maximum absolute atomic E-state index is 14.0. The van der Waals surface area contributed by atoms with Gasteiger partial charge in [-0.2, -0.15) is 0 Å². The van der Waals surface area contributed by atoms with E-state index in [-0.39, 0.29) is 30.3 Å². The fourth-order valence-electron chi connectivity index (χ4n) is 5.82. The van der Waals surface area contributed by atoms with Crippen LogP contribution in [0.4, 0.5) is 0 Å². The monoisotopic (exact) mass is 827 g/mol. The molecule has 0 fully saturated rings. The first-order valence-electron chi connectivity index (χ1n) is 19.8. The minimum atomic E-state index is -3.11. The van der Waals surface area contributed by atoms with Crippen molar-refractivity contribution >= 4 is 35.6 Å². The van der Waals surface area contributed by atoms with Crippen LogP contribution in [0.2, 0.25) is 0 Å². The number of methoxy groups -OCH3 is 1. The molecule has 0 saturated carbocycles. The predicted molar refractivity (Wildman–Crippen MR) is 212 cm³/mol. The summed E-state index contributed by atoms with van der Waals surface area (Å²) in [6, 6.07) is 4.91. The smallest absolute Gasteiger partial charge is 0.481 e. The van der Waals surface area contributed by atoms with Crippen molar-refractivity contribution in [1.82, 2.24) is 5.32 Å². The predicted octanol–water partition coefficient (Wildman–Crippen LogP) is 5.08. The molecule has 1 unspecified atom stereocenters. The van der Waals surface area contributed by atoms with Crippen LogP contribution in [-0.4, -0.2) is 77.7 Å². The minimum absolute atomic E-state index is 0.0129. The van der Waals surface area contributed by atoms with Crippen LogP contribution in [0.3, 0.4) is 0 Å². The van der Waals surface area contributed by atoms with Gasteiger partial charge in [0, 0.05) is 19.3 Å². The molecule has 3 atom stereocenters. The highest BCUT2D eigenvalue weighted by molar-refractivity contribution is 5.95. The average molecular weight is 828 g/mol. The zero-order valence-electron chi connectivity index (χ0n) is 34.3. The number of ketones is 1. The molecule has 59 heavy (non-hydrogen) atoms. The Morgan fingerprint density at radius 3 is 2.17 bits per heavy atom. The Morgan fingerprint density at radius 2 is 1.58 bits per heavy atom. The first-order valence-corrected chi connectivity index (χ1v) is 19.8. The number of ether oxygens (including phenoxy) is 4. The number of amides is 1. The molecule has 3 N–H and O–H groups in total. The number of aryl methyl sites for hydroxylation is 1. The molecule has 16 nitrogen and oxygen atoms in total. The number of aliphatic hydroxyl groups is 1. The summed E-state index contributed by atoms with van der Waals surface area (Å²) in [5, 5.41) is 24.3. The van der Waals surface area contributed by atoms with Crippen LogP contribution in [0.25, 0.3) is 0 Å². The third-order valence-corrected chi connectivity index (χ3v) is 9.26. The number of carbonyl (C=O) groups excluding carboxylic acids is 5. The van der Waals surface area contributed by atoms with Crippen LogP contribution in [-0.2, 0) is 56.0 Å². The zero-order valence-corrected chi connectivity index (χ0v) is 34.3. The van der Waals surface area contributed by atoms with E-state index in [1.807, 2.05) is 0 Å². The first kappa shape index (κ1) is 49.5. The van der Waals surface area contributed by atoms with Gasteiger partial charge in [0.05, 0.1) is 19.4 Å². The number of hydrogen-bond acceptors (Lipinski definition) is 14. The Labute approximate surface area is 344 Å². The van der Waals surface area contributed by atoms with E-state index in [0.717, 1.165) is 58.1 Å². The third kappa shape index (κ3) is 18.6. The minimum Gasteiger partial charge on any atom is -0.481 e. The second-order valence-electron chi connectivity index (χ2n) is 13.9. The van der Waals surface area contributed by atoms with E-state index in [1.165, 1.54) is 19.4 Å². The van der Waals surface area contributed by atoms with Crippen molar-refractivity contribution in [2.45, 2.75) is 129 Å². The quantitative estimate of drug-likeness (QED) is 0.0319. The highest BCUT2D eigenvalue weighted by Crippen LogP contribution is 2.27. The Morgan fingerprint density at radius 1 is 0.915 bits per heavy atom. The fourth-order valence-corrected chi connectivity index (χ4v) is 5.82. The van der Waals surface area contributed by atoms with Crippen LogP contribution in [0.15, 0.2) is 50.0 Å². The molecule has 0 aliphatic rings. The number of carboxylic acids is 1. The highest BCUT2D eigenvalue weighted by atomic mass is 16.6. The number of carboxylic acid groups (broad SMARTS) is 1. The molecule has 1 aromatic carbocycles. The van der Waals surface area contributed by atoms with Crippen molar-refractivity contribution in [1.29, 1.82) is 0 Å². The van der Waals surface area contributed by atoms with Crippen molar-refractivity contribution in [3.63, 3.8) is 0 Å². The molecule has 0 bridgehead atoms. The van der Waals surface area contributed by atoms with E-state index < -0.39 is 72.8 Å². The molecular weight excluding hydrogens is 770 g/mol. The molecule has 0 radical (unpaired) electrons. The number of hydrogen-bond donors (Lipinski definition) is 3. The van der Waals surface area contributed by atoms with Crippen molar-refractivity contribution in [3.8, 4) is 17.6 Å². The molecule has 1 heterocycles. The Balaban J connectivity index is 2.28. The lowest BCUT2D eigenvalue weighted by molar-refractivity contribution is -0.174. The molecular formula is C43H57NO15. The Bertz CT molecular complexity index is 1810. The van der Waals surface area contributed by atoms with Crippen molar-refractivity contribution in [2.75, 3.05) is 20.3 Å². The summed E-state index contributed by atoms with van der Waals surface area (Å²) in [5.74, 6) is -3.30. The maximum atomic E-state index is 14.0. The van der Waals surface area contributed by atoms with E-state index in [1.54, 1.807) is 31.2 Å². The van der Waals surface area contributed by atoms with E-state index in [4.69, 9.17) is 23.0 Å². The standard InChI is InChI=1S/C43H57NO15/c1-5-7-9-12-15-18-32(45)19-16-13-10-11-14-17-20-34(43(53,41(50)51)27-37(46)56-28-36-30(3)58-42(52)59-36)39(48)44-35(40(49)57-29-38(47)54-4)26-31-21-23-33(24-22-31)55-25-8-6-2/h17,20-24,34-35,53H,5,7,9-16,18-19,25-29H2,1-4H3,(H,44,48)(H,50,51)/b20-17+/t34-,35+,43?/m1/s1. The number of allylic oxidation sites excluding steroid dienone is 1. The molecule has 16 heteroatoms. The number of rotatable bonds is 29. The summed E-state index contributed by atoms with van der Waals surface area (Å²) < 4.78 is 29.7. The topological polar surface area (TPSA) is 235 Å².